The van der Waals surface area contributed by atoms with E-state index in [1.165, 1.54) is 34.7 Å². The van der Waals surface area contributed by atoms with Gasteiger partial charge in [0.15, 0.2) is 10.2 Å². The summed E-state index contributed by atoms with van der Waals surface area (Å²) < 4.78 is 23.7. The second kappa shape index (κ2) is 16.7. The first-order chi connectivity index (χ1) is 15.4. The van der Waals surface area contributed by atoms with Crippen LogP contribution < -0.4 is 4.74 Å². The molecule has 0 aromatic heterocycles. The van der Waals surface area contributed by atoms with E-state index < -0.39 is 8.80 Å². The van der Waals surface area contributed by atoms with Crippen LogP contribution in [0.3, 0.4) is 0 Å². The highest BCUT2D eigenvalue weighted by molar-refractivity contribution is 8.13. The predicted octanol–water partition coefficient (Wildman–Crippen LogP) is 5.15. The Balaban J connectivity index is 2.73. The van der Waals surface area contributed by atoms with E-state index in [4.69, 9.17) is 18.0 Å². The minimum absolute atomic E-state index is 0.122. The minimum Gasteiger partial charge on any atom is -0.494 e. The molecule has 1 rings (SSSR count). The Morgan fingerprint density at radius 2 is 1.38 bits per heavy atom. The van der Waals surface area contributed by atoms with Crippen molar-refractivity contribution in [3.63, 3.8) is 0 Å². The average Bonchev–Trinajstić information content (AvgIpc) is 2.72. The summed E-state index contributed by atoms with van der Waals surface area (Å²) in [7, 11) is -2.65. The molecule has 0 aliphatic carbocycles. The van der Waals surface area contributed by atoms with E-state index in [1.807, 2.05) is 26.8 Å². The third kappa shape index (κ3) is 11.9. The molecule has 0 aliphatic rings. The van der Waals surface area contributed by atoms with Gasteiger partial charge < -0.3 is 18.0 Å². The lowest BCUT2D eigenvalue weighted by molar-refractivity contribution is -0.109. The first-order valence-corrected chi connectivity index (χ1v) is 15.2. The first-order valence-electron chi connectivity index (χ1n) is 11.3. The zero-order valence-electron chi connectivity index (χ0n) is 20.1. The number of ether oxygens (including phenoxy) is 1. The molecule has 0 bridgehead atoms. The quantitative estimate of drug-likeness (QED) is 0.214. The molecule has 1 aromatic rings. The van der Waals surface area contributed by atoms with Gasteiger partial charge in [-0.2, -0.15) is 0 Å². The lowest BCUT2D eigenvalue weighted by Crippen LogP contribution is -2.46. The molecule has 0 radical (unpaired) electrons. The van der Waals surface area contributed by atoms with Crippen LogP contribution in [0.2, 0.25) is 6.04 Å². The van der Waals surface area contributed by atoms with E-state index in [1.54, 1.807) is 13.8 Å². The van der Waals surface area contributed by atoms with E-state index in [9.17, 15) is 9.59 Å². The molecule has 0 fully saturated rings. The Kier molecular flexibility index (Phi) is 15.3. The fourth-order valence-corrected chi connectivity index (χ4v) is 7.06. The number of hydrogen-bond acceptors (Lipinski definition) is 8. The van der Waals surface area contributed by atoms with Crippen LogP contribution in [-0.2, 0) is 35.7 Å². The summed E-state index contributed by atoms with van der Waals surface area (Å²) in [5.41, 5.74) is 2.37. The van der Waals surface area contributed by atoms with Crippen molar-refractivity contribution in [3.8, 4) is 5.75 Å². The van der Waals surface area contributed by atoms with Crippen LogP contribution in [0.25, 0.3) is 0 Å². The second-order valence-electron chi connectivity index (χ2n) is 7.04. The summed E-state index contributed by atoms with van der Waals surface area (Å²) in [5.74, 6) is 2.30. The van der Waals surface area contributed by atoms with Crippen LogP contribution in [0, 0.1) is 0 Å². The van der Waals surface area contributed by atoms with Crippen LogP contribution in [0.5, 0.6) is 5.75 Å². The van der Waals surface area contributed by atoms with Crippen molar-refractivity contribution >= 4 is 42.6 Å². The summed E-state index contributed by atoms with van der Waals surface area (Å²) in [6, 6.07) is 6.83. The number of thioether (sulfide) groups is 2. The van der Waals surface area contributed by atoms with Crippen molar-refractivity contribution in [1.29, 1.82) is 0 Å². The molecule has 6 nitrogen and oxygen atoms in total. The summed E-state index contributed by atoms with van der Waals surface area (Å²) in [6.45, 7) is 11.3. The molecule has 9 heteroatoms. The lowest BCUT2D eigenvalue weighted by Gasteiger charge is -2.28. The van der Waals surface area contributed by atoms with Crippen LogP contribution in [-0.4, -0.2) is 57.0 Å². The van der Waals surface area contributed by atoms with Crippen LogP contribution in [0.15, 0.2) is 18.2 Å². The topological polar surface area (TPSA) is 71.1 Å². The van der Waals surface area contributed by atoms with E-state index in [0.717, 1.165) is 36.5 Å². The van der Waals surface area contributed by atoms with Crippen molar-refractivity contribution in [3.05, 3.63) is 29.3 Å². The molecule has 0 N–H and O–H groups in total. The van der Waals surface area contributed by atoms with Crippen molar-refractivity contribution in [2.45, 2.75) is 59.9 Å². The van der Waals surface area contributed by atoms with Crippen LogP contribution in [0.4, 0.5) is 0 Å². The van der Waals surface area contributed by atoms with Crippen LogP contribution >= 0.6 is 23.5 Å². The molecule has 0 aliphatic heterocycles. The Hall–Kier alpha value is -0.843. The number of rotatable bonds is 17. The van der Waals surface area contributed by atoms with Crippen molar-refractivity contribution in [2.75, 3.05) is 37.9 Å². The van der Waals surface area contributed by atoms with Gasteiger partial charge in [-0.25, -0.2) is 0 Å². The molecule has 32 heavy (non-hydrogen) atoms. The smallest absolute Gasteiger partial charge is 0.494 e. The highest BCUT2D eigenvalue weighted by Crippen LogP contribution is 2.23. The highest BCUT2D eigenvalue weighted by atomic mass is 32.2. The number of benzene rings is 1. The largest absolute Gasteiger partial charge is 0.501 e. The Bertz CT molecular complexity index is 684. The number of aryl methyl sites for hydroxylation is 2. The molecule has 0 saturated carbocycles. The third-order valence-electron chi connectivity index (χ3n) is 4.52. The van der Waals surface area contributed by atoms with Crippen molar-refractivity contribution in [2.24, 2.45) is 0 Å². The molecule has 0 atom stereocenters. The summed E-state index contributed by atoms with van der Waals surface area (Å²) in [4.78, 5) is 22.5. The van der Waals surface area contributed by atoms with Gasteiger partial charge >= 0.3 is 8.80 Å². The van der Waals surface area contributed by atoms with E-state index >= 15 is 0 Å². The number of carbonyl (C=O) groups excluding carboxylic acids is 2. The van der Waals surface area contributed by atoms with Crippen molar-refractivity contribution in [1.82, 2.24) is 0 Å². The standard InChI is InChI=1S/C23H38O6S2Si/c1-6-27-32(28-7-2,29-8-3)17-9-14-26-23-11-10-21(12-15-30-19(4)24)22(18-23)13-16-31-20(5)25/h10-11,18H,6-9,12-17H2,1-5H3. The van der Waals surface area contributed by atoms with Crippen LogP contribution in [0.1, 0.15) is 52.2 Å². The maximum absolute atomic E-state index is 11.3. The van der Waals surface area contributed by atoms with Gasteiger partial charge in [0, 0.05) is 51.2 Å². The third-order valence-corrected chi connectivity index (χ3v) is 9.30. The molecule has 0 unspecified atom stereocenters. The van der Waals surface area contributed by atoms with Gasteiger partial charge in [0.25, 0.3) is 0 Å². The Morgan fingerprint density at radius 1 is 0.844 bits per heavy atom. The SMILES string of the molecule is CCO[Si](CCCOc1ccc(CCSC(C)=O)c(CCSC(C)=O)c1)(OCC)OCC. The van der Waals surface area contributed by atoms with E-state index in [2.05, 4.69) is 12.1 Å². The molecule has 182 valence electrons. The molecular formula is C23H38O6S2Si. The zero-order valence-corrected chi connectivity index (χ0v) is 22.7. The van der Waals surface area contributed by atoms with Gasteiger partial charge in [-0.15, -0.1) is 0 Å². The molecule has 0 heterocycles. The fraction of sp³-hybridized carbons (Fsp3) is 0.652. The fourth-order valence-electron chi connectivity index (χ4n) is 3.26. The molecule has 0 amide bonds. The van der Waals surface area contributed by atoms with Crippen molar-refractivity contribution < 1.29 is 27.6 Å². The second-order valence-corrected chi connectivity index (χ2v) is 12.3. The summed E-state index contributed by atoms with van der Waals surface area (Å²) in [6.07, 6.45) is 2.38. The van der Waals surface area contributed by atoms with Gasteiger partial charge in [0.1, 0.15) is 5.75 Å². The average molecular weight is 503 g/mol. The maximum atomic E-state index is 11.3. The Labute approximate surface area is 202 Å². The summed E-state index contributed by atoms with van der Waals surface area (Å²) >= 11 is 2.67. The Morgan fingerprint density at radius 3 is 1.88 bits per heavy atom. The number of carbonyl (C=O) groups is 2. The highest BCUT2D eigenvalue weighted by Gasteiger charge is 2.39. The molecule has 0 saturated heterocycles. The molecule has 1 aromatic carbocycles. The lowest BCUT2D eigenvalue weighted by atomic mass is 10.0. The normalized spacial score (nSPS) is 11.5. The minimum atomic E-state index is -2.65. The predicted molar refractivity (Wildman–Crippen MR) is 136 cm³/mol. The van der Waals surface area contributed by atoms with E-state index in [-0.39, 0.29) is 10.2 Å². The van der Waals surface area contributed by atoms with E-state index in [0.29, 0.717) is 32.5 Å². The molecular weight excluding hydrogens is 464 g/mol. The first kappa shape index (κ1) is 29.2. The maximum Gasteiger partial charge on any atom is 0.501 e. The van der Waals surface area contributed by atoms with Gasteiger partial charge in [0.2, 0.25) is 0 Å². The summed E-state index contributed by atoms with van der Waals surface area (Å²) in [5, 5.41) is 0.251. The van der Waals surface area contributed by atoms with Gasteiger partial charge in [-0.05, 0) is 63.3 Å². The molecule has 0 spiro atoms. The van der Waals surface area contributed by atoms with Gasteiger partial charge in [0.05, 0.1) is 6.61 Å². The van der Waals surface area contributed by atoms with Gasteiger partial charge in [-0.1, -0.05) is 29.6 Å². The monoisotopic (exact) mass is 502 g/mol. The van der Waals surface area contributed by atoms with Gasteiger partial charge in [-0.3, -0.25) is 9.59 Å². The number of hydrogen-bond donors (Lipinski definition) is 0. The zero-order chi connectivity index (χ0) is 23.8.